The number of aromatic carboxylic acids is 1. The maximum Gasteiger partial charge on any atom is 0.335 e. The monoisotopic (exact) mass is 289 g/mol. The highest BCUT2D eigenvalue weighted by Crippen LogP contribution is 2.29. The first-order valence-corrected chi connectivity index (χ1v) is 7.17. The number of likely N-dealkylation sites (N-methyl/N-ethyl adjacent to an activating group) is 1. The van der Waals surface area contributed by atoms with Crippen LogP contribution in [0.4, 0.5) is 10.5 Å². The van der Waals surface area contributed by atoms with Gasteiger partial charge >= 0.3 is 12.0 Å². The quantitative estimate of drug-likeness (QED) is 0.857. The molecule has 2 N–H and O–H groups in total. The molecule has 1 unspecified atom stereocenters. The van der Waals surface area contributed by atoms with Gasteiger partial charge in [0.15, 0.2) is 0 Å². The van der Waals surface area contributed by atoms with Gasteiger partial charge in [0, 0.05) is 24.8 Å². The molecule has 6 nitrogen and oxygen atoms in total. The second-order valence-corrected chi connectivity index (χ2v) is 5.75. The molecular weight excluding hydrogens is 270 g/mol. The summed E-state index contributed by atoms with van der Waals surface area (Å²) in [6.07, 6.45) is 1.73. The van der Waals surface area contributed by atoms with Crippen molar-refractivity contribution in [2.75, 3.05) is 31.6 Å². The van der Waals surface area contributed by atoms with Crippen molar-refractivity contribution >= 4 is 17.7 Å². The summed E-state index contributed by atoms with van der Waals surface area (Å²) in [4.78, 5) is 27.3. The molecule has 2 amide bonds. The van der Waals surface area contributed by atoms with E-state index in [1.807, 2.05) is 7.05 Å². The maximum absolute atomic E-state index is 12.4. The number of anilines is 1. The molecule has 0 saturated carbocycles. The minimum Gasteiger partial charge on any atom is -0.478 e. The number of hydrogen-bond acceptors (Lipinski definition) is 3. The summed E-state index contributed by atoms with van der Waals surface area (Å²) in [7, 11) is 2.04. The molecule has 0 aromatic heterocycles. The molecule has 1 aromatic rings. The Balaban J connectivity index is 1.75. The van der Waals surface area contributed by atoms with Gasteiger partial charge in [-0.3, -0.25) is 4.90 Å². The van der Waals surface area contributed by atoms with Gasteiger partial charge in [-0.1, -0.05) is 6.07 Å². The number of likely N-dealkylation sites (tertiary alicyclic amines) is 1. The lowest BCUT2D eigenvalue weighted by molar-refractivity contribution is 0.0697. The van der Waals surface area contributed by atoms with Crippen LogP contribution in [0.15, 0.2) is 18.2 Å². The third-order valence-corrected chi connectivity index (χ3v) is 4.19. The molecule has 3 rings (SSSR count). The molecule has 1 saturated heterocycles. The van der Waals surface area contributed by atoms with Crippen LogP contribution < -0.4 is 10.2 Å². The average Bonchev–Trinajstić information content (AvgIpc) is 3.04. The van der Waals surface area contributed by atoms with E-state index in [0.29, 0.717) is 6.54 Å². The highest BCUT2D eigenvalue weighted by molar-refractivity contribution is 5.97. The normalized spacial score (nSPS) is 21.4. The number of carbonyl (C=O) groups is 2. The topological polar surface area (TPSA) is 72.9 Å². The molecule has 1 atom stereocenters. The first-order valence-electron chi connectivity index (χ1n) is 7.17. The van der Waals surface area contributed by atoms with E-state index in [2.05, 4.69) is 10.2 Å². The Morgan fingerprint density at radius 3 is 2.81 bits per heavy atom. The maximum atomic E-state index is 12.4. The first-order chi connectivity index (χ1) is 10.0. The van der Waals surface area contributed by atoms with E-state index in [1.54, 1.807) is 23.1 Å². The van der Waals surface area contributed by atoms with Crippen molar-refractivity contribution in [1.82, 2.24) is 10.2 Å². The van der Waals surface area contributed by atoms with E-state index < -0.39 is 5.97 Å². The van der Waals surface area contributed by atoms with E-state index in [-0.39, 0.29) is 17.6 Å². The lowest BCUT2D eigenvalue weighted by atomic mass is 10.1. The van der Waals surface area contributed by atoms with Gasteiger partial charge in [-0.2, -0.15) is 0 Å². The summed E-state index contributed by atoms with van der Waals surface area (Å²) in [5.41, 5.74) is 1.96. The Kier molecular flexibility index (Phi) is 3.55. The number of hydrogen-bond donors (Lipinski definition) is 2. The molecule has 112 valence electrons. The van der Waals surface area contributed by atoms with Gasteiger partial charge in [-0.05, 0) is 44.1 Å². The van der Waals surface area contributed by atoms with Crippen LogP contribution >= 0.6 is 0 Å². The van der Waals surface area contributed by atoms with Gasteiger partial charge in [0.05, 0.1) is 5.56 Å². The summed E-state index contributed by atoms with van der Waals surface area (Å²) >= 11 is 0. The summed E-state index contributed by atoms with van der Waals surface area (Å²) < 4.78 is 0. The average molecular weight is 289 g/mol. The Labute approximate surface area is 123 Å². The van der Waals surface area contributed by atoms with Crippen molar-refractivity contribution < 1.29 is 14.7 Å². The van der Waals surface area contributed by atoms with Gasteiger partial charge in [-0.25, -0.2) is 9.59 Å². The fourth-order valence-electron chi connectivity index (χ4n) is 3.03. The van der Waals surface area contributed by atoms with Crippen LogP contribution in [0.2, 0.25) is 0 Å². The number of nitrogens with one attached hydrogen (secondary N) is 1. The SMILES string of the molecule is CN1CCC(NC(=O)N2CCc3ccc(C(=O)O)cc32)C1. The zero-order valence-corrected chi connectivity index (χ0v) is 12.0. The molecule has 0 aliphatic carbocycles. The fraction of sp³-hybridized carbons (Fsp3) is 0.467. The minimum atomic E-state index is -0.970. The van der Waals surface area contributed by atoms with Crippen molar-refractivity contribution in [1.29, 1.82) is 0 Å². The number of carboxylic acid groups (broad SMARTS) is 1. The third kappa shape index (κ3) is 2.71. The Morgan fingerprint density at radius 2 is 2.14 bits per heavy atom. The number of carboxylic acids is 1. The molecule has 2 aliphatic rings. The Morgan fingerprint density at radius 1 is 1.33 bits per heavy atom. The molecule has 0 spiro atoms. The lowest BCUT2D eigenvalue weighted by Crippen LogP contribution is -2.45. The summed E-state index contributed by atoms with van der Waals surface area (Å²) in [5, 5.41) is 12.1. The predicted octanol–water partition coefficient (Wildman–Crippen LogP) is 1.16. The molecule has 2 heterocycles. The highest BCUT2D eigenvalue weighted by atomic mass is 16.4. The van der Waals surface area contributed by atoms with Gasteiger partial charge < -0.3 is 15.3 Å². The first kappa shape index (κ1) is 13.9. The molecule has 2 aliphatic heterocycles. The van der Waals surface area contributed by atoms with Crippen LogP contribution in [-0.4, -0.2) is 54.7 Å². The predicted molar refractivity (Wildman–Crippen MR) is 78.9 cm³/mol. The van der Waals surface area contributed by atoms with E-state index in [1.165, 1.54) is 0 Å². The summed E-state index contributed by atoms with van der Waals surface area (Å²) in [6.45, 7) is 2.46. The van der Waals surface area contributed by atoms with E-state index >= 15 is 0 Å². The van der Waals surface area contributed by atoms with Gasteiger partial charge in [0.25, 0.3) is 0 Å². The zero-order valence-electron chi connectivity index (χ0n) is 12.0. The van der Waals surface area contributed by atoms with Crippen LogP contribution in [0.3, 0.4) is 0 Å². The molecule has 0 radical (unpaired) electrons. The van der Waals surface area contributed by atoms with E-state index in [4.69, 9.17) is 5.11 Å². The smallest absolute Gasteiger partial charge is 0.335 e. The van der Waals surface area contributed by atoms with Crippen LogP contribution in [-0.2, 0) is 6.42 Å². The summed E-state index contributed by atoms with van der Waals surface area (Å²) in [6, 6.07) is 5.03. The number of urea groups is 1. The van der Waals surface area contributed by atoms with Crippen molar-refractivity contribution in [3.8, 4) is 0 Å². The Hall–Kier alpha value is -2.08. The van der Waals surface area contributed by atoms with Crippen molar-refractivity contribution in [2.24, 2.45) is 0 Å². The standard InChI is InChI=1S/C15H19N3O3/c1-17-6-5-12(9-17)16-15(21)18-7-4-10-2-3-11(14(19)20)8-13(10)18/h2-3,8,12H,4-7,9H2,1H3,(H,16,21)(H,19,20). The van der Waals surface area contributed by atoms with Crippen molar-refractivity contribution in [3.63, 3.8) is 0 Å². The van der Waals surface area contributed by atoms with Crippen LogP contribution in [0, 0.1) is 0 Å². The second kappa shape index (κ2) is 5.37. The number of fused-ring (bicyclic) bond motifs is 1. The molecular formula is C15H19N3O3. The number of benzene rings is 1. The van der Waals surface area contributed by atoms with E-state index in [9.17, 15) is 9.59 Å². The number of carbonyl (C=O) groups excluding carboxylic acids is 1. The zero-order chi connectivity index (χ0) is 15.0. The molecule has 21 heavy (non-hydrogen) atoms. The minimum absolute atomic E-state index is 0.128. The van der Waals surface area contributed by atoms with Crippen LogP contribution in [0.25, 0.3) is 0 Å². The van der Waals surface area contributed by atoms with Gasteiger partial charge in [0.1, 0.15) is 0 Å². The lowest BCUT2D eigenvalue weighted by Gasteiger charge is -2.21. The van der Waals surface area contributed by atoms with Crippen LogP contribution in [0.5, 0.6) is 0 Å². The second-order valence-electron chi connectivity index (χ2n) is 5.75. The van der Waals surface area contributed by atoms with Crippen molar-refractivity contribution in [3.05, 3.63) is 29.3 Å². The molecule has 0 bridgehead atoms. The van der Waals surface area contributed by atoms with E-state index in [0.717, 1.165) is 37.2 Å². The summed E-state index contributed by atoms with van der Waals surface area (Å²) in [5.74, 6) is -0.970. The van der Waals surface area contributed by atoms with Gasteiger partial charge in [-0.15, -0.1) is 0 Å². The molecule has 6 heteroatoms. The Bertz CT molecular complexity index is 588. The number of nitrogens with zero attached hydrogens (tertiary/aromatic N) is 2. The van der Waals surface area contributed by atoms with Gasteiger partial charge in [0.2, 0.25) is 0 Å². The number of rotatable bonds is 2. The van der Waals surface area contributed by atoms with Crippen LogP contribution in [0.1, 0.15) is 22.3 Å². The molecule has 1 aromatic carbocycles. The number of amides is 2. The largest absolute Gasteiger partial charge is 0.478 e. The third-order valence-electron chi connectivity index (χ3n) is 4.19. The fourth-order valence-corrected chi connectivity index (χ4v) is 3.03. The molecule has 1 fully saturated rings. The highest BCUT2D eigenvalue weighted by Gasteiger charge is 2.28. The van der Waals surface area contributed by atoms with Crippen molar-refractivity contribution in [2.45, 2.75) is 18.9 Å².